The Morgan fingerprint density at radius 2 is 1.55 bits per heavy atom. The Morgan fingerprint density at radius 3 is 2.22 bits per heavy atom. The molecule has 0 fully saturated rings. The molecule has 0 aromatic heterocycles. The van der Waals surface area contributed by atoms with E-state index in [0.717, 1.165) is 22.0 Å². The van der Waals surface area contributed by atoms with E-state index >= 15 is 0 Å². The summed E-state index contributed by atoms with van der Waals surface area (Å²) in [4.78, 5) is 29.7. The van der Waals surface area contributed by atoms with Gasteiger partial charge in [-0.15, -0.1) is 0 Å². The molecule has 0 radical (unpaired) electrons. The van der Waals surface area contributed by atoms with Gasteiger partial charge in [0.05, 0.1) is 20.6 Å². The first kappa shape index (κ1) is 36.0. The number of benzene rings is 4. The van der Waals surface area contributed by atoms with E-state index in [-0.39, 0.29) is 46.8 Å². The van der Waals surface area contributed by atoms with E-state index in [2.05, 4.69) is 5.32 Å². The van der Waals surface area contributed by atoms with Crippen molar-refractivity contribution in [1.29, 1.82) is 0 Å². The van der Waals surface area contributed by atoms with Crippen molar-refractivity contribution < 1.29 is 31.9 Å². The Bertz CT molecular complexity index is 1890. The zero-order valence-corrected chi connectivity index (χ0v) is 29.3. The van der Waals surface area contributed by atoms with Crippen LogP contribution in [0.4, 0.5) is 10.1 Å². The normalized spacial score (nSPS) is 13.1. The smallest absolute Gasteiger partial charge is 0.264 e. The molecule has 1 aliphatic rings. The van der Waals surface area contributed by atoms with Gasteiger partial charge in [-0.1, -0.05) is 73.4 Å². The van der Waals surface area contributed by atoms with Crippen LogP contribution in [-0.4, -0.2) is 57.5 Å². The Hall–Kier alpha value is -4.32. The van der Waals surface area contributed by atoms with Crippen molar-refractivity contribution in [1.82, 2.24) is 10.2 Å². The number of halogens is 3. The van der Waals surface area contributed by atoms with Crippen molar-refractivity contribution in [2.75, 3.05) is 30.6 Å². The van der Waals surface area contributed by atoms with Gasteiger partial charge in [0.25, 0.3) is 10.0 Å². The Labute approximate surface area is 295 Å². The number of sulfonamides is 1. The number of anilines is 1. The highest BCUT2D eigenvalue weighted by Gasteiger charge is 2.35. The van der Waals surface area contributed by atoms with Crippen LogP contribution in [0.15, 0.2) is 95.9 Å². The molecule has 4 aromatic carbocycles. The number of hydrogen-bond donors (Lipinski definition) is 1. The average Bonchev–Trinajstić information content (AvgIpc) is 3.09. The van der Waals surface area contributed by atoms with Crippen LogP contribution in [0.2, 0.25) is 10.0 Å². The van der Waals surface area contributed by atoms with Gasteiger partial charge in [0, 0.05) is 25.6 Å². The molecule has 1 N–H and O–H groups in total. The molecule has 5 rings (SSSR count). The molecule has 258 valence electrons. The van der Waals surface area contributed by atoms with Gasteiger partial charge in [0.2, 0.25) is 11.8 Å². The summed E-state index contributed by atoms with van der Waals surface area (Å²) in [7, 11) is -4.45. The third kappa shape index (κ3) is 9.03. The maximum Gasteiger partial charge on any atom is 0.264 e. The molecular weight excluding hydrogens is 692 g/mol. The van der Waals surface area contributed by atoms with Gasteiger partial charge in [0.1, 0.15) is 31.6 Å². The number of carbonyl (C=O) groups is 2. The summed E-state index contributed by atoms with van der Waals surface area (Å²) in [6, 6.07) is 22.0. The molecule has 1 atom stereocenters. The lowest BCUT2D eigenvalue weighted by Crippen LogP contribution is -2.53. The minimum absolute atomic E-state index is 0.0444. The van der Waals surface area contributed by atoms with Crippen LogP contribution in [-0.2, 0) is 32.6 Å². The van der Waals surface area contributed by atoms with Crippen LogP contribution in [0, 0.1) is 11.7 Å². The predicted molar refractivity (Wildman–Crippen MR) is 187 cm³/mol. The highest BCUT2D eigenvalue weighted by atomic mass is 35.5. The number of nitrogens with zero attached hydrogens (tertiary/aromatic N) is 2. The molecule has 0 bridgehead atoms. The Morgan fingerprint density at radius 1 is 0.857 bits per heavy atom. The molecular formula is C36H36Cl2FN3O6S. The molecule has 0 spiro atoms. The molecule has 0 saturated carbocycles. The molecule has 4 aromatic rings. The van der Waals surface area contributed by atoms with E-state index in [9.17, 15) is 22.4 Å². The van der Waals surface area contributed by atoms with E-state index in [4.69, 9.17) is 32.7 Å². The molecule has 0 unspecified atom stereocenters. The van der Waals surface area contributed by atoms with Crippen LogP contribution in [0.1, 0.15) is 25.0 Å². The van der Waals surface area contributed by atoms with Crippen LogP contribution in [0.5, 0.6) is 11.5 Å². The second-order valence-electron chi connectivity index (χ2n) is 11.9. The lowest BCUT2D eigenvalue weighted by molar-refractivity contribution is -0.140. The minimum Gasteiger partial charge on any atom is -0.486 e. The first-order chi connectivity index (χ1) is 23.4. The summed E-state index contributed by atoms with van der Waals surface area (Å²) >= 11 is 12.5. The zero-order valence-electron chi connectivity index (χ0n) is 26.9. The van der Waals surface area contributed by atoms with Crippen LogP contribution < -0.4 is 19.1 Å². The summed E-state index contributed by atoms with van der Waals surface area (Å²) in [5.41, 5.74) is 1.40. The van der Waals surface area contributed by atoms with Gasteiger partial charge in [-0.05, 0) is 65.6 Å². The quantitative estimate of drug-likeness (QED) is 0.168. The molecule has 0 aliphatic carbocycles. The third-order valence-electron chi connectivity index (χ3n) is 7.79. The highest BCUT2D eigenvalue weighted by Crippen LogP contribution is 2.34. The summed E-state index contributed by atoms with van der Waals surface area (Å²) in [5.74, 6) is -0.920. The van der Waals surface area contributed by atoms with E-state index in [0.29, 0.717) is 29.5 Å². The van der Waals surface area contributed by atoms with Gasteiger partial charge < -0.3 is 19.7 Å². The van der Waals surface area contributed by atoms with E-state index < -0.39 is 40.2 Å². The van der Waals surface area contributed by atoms with Crippen molar-refractivity contribution in [2.24, 2.45) is 5.92 Å². The second-order valence-corrected chi connectivity index (χ2v) is 14.6. The third-order valence-corrected chi connectivity index (χ3v) is 10.3. The molecule has 2 amide bonds. The van der Waals surface area contributed by atoms with Crippen LogP contribution in [0.3, 0.4) is 0 Å². The summed E-state index contributed by atoms with van der Waals surface area (Å²) in [6.45, 7) is 4.01. The van der Waals surface area contributed by atoms with Gasteiger partial charge >= 0.3 is 0 Å². The van der Waals surface area contributed by atoms with Crippen molar-refractivity contribution in [3.05, 3.63) is 118 Å². The van der Waals surface area contributed by atoms with Gasteiger partial charge in [-0.3, -0.25) is 13.9 Å². The molecule has 0 saturated heterocycles. The summed E-state index contributed by atoms with van der Waals surface area (Å²) in [5, 5.41) is 3.51. The number of amides is 2. The van der Waals surface area contributed by atoms with Crippen molar-refractivity contribution >= 4 is 50.7 Å². The molecule has 9 nitrogen and oxygen atoms in total. The number of hydrogen-bond acceptors (Lipinski definition) is 6. The monoisotopic (exact) mass is 727 g/mol. The van der Waals surface area contributed by atoms with Crippen LogP contribution in [0.25, 0.3) is 0 Å². The standard InChI is InChI=1S/C36H36Cl2FN3O6S/c1-24(2)21-40-36(44)32(19-25-6-4-3-5-7-25)41(22-26-8-14-30(37)31(38)18-26)35(43)23-42(28-11-9-27(39)10-12-28)49(45,46)29-13-15-33-34(20-29)48-17-16-47-33/h3-15,18,20,24,32H,16-17,19,21-23H2,1-2H3,(H,40,44)/t32-/m0/s1. The van der Waals surface area contributed by atoms with Crippen LogP contribution >= 0.6 is 23.2 Å². The molecule has 1 aliphatic heterocycles. The predicted octanol–water partition coefficient (Wildman–Crippen LogP) is 6.51. The maximum absolute atomic E-state index is 14.6. The van der Waals surface area contributed by atoms with Crippen molar-refractivity contribution in [3.63, 3.8) is 0 Å². The fourth-order valence-corrected chi connectivity index (χ4v) is 7.01. The first-order valence-electron chi connectivity index (χ1n) is 15.7. The first-order valence-corrected chi connectivity index (χ1v) is 17.8. The Kier molecular flexibility index (Phi) is 11.7. The average molecular weight is 729 g/mol. The zero-order chi connectivity index (χ0) is 35.1. The number of nitrogens with one attached hydrogen (secondary N) is 1. The minimum atomic E-state index is -4.45. The second kappa shape index (κ2) is 15.9. The lowest BCUT2D eigenvalue weighted by Gasteiger charge is -2.34. The topological polar surface area (TPSA) is 105 Å². The number of ether oxygens (including phenoxy) is 2. The molecule has 49 heavy (non-hydrogen) atoms. The Balaban J connectivity index is 1.58. The maximum atomic E-state index is 14.6. The number of rotatable bonds is 13. The SMILES string of the molecule is CC(C)CNC(=O)[C@H](Cc1ccccc1)N(Cc1ccc(Cl)c(Cl)c1)C(=O)CN(c1ccc(F)cc1)S(=O)(=O)c1ccc2c(c1)OCCO2. The summed E-state index contributed by atoms with van der Waals surface area (Å²) < 4.78 is 54.8. The van der Waals surface area contributed by atoms with E-state index in [1.54, 1.807) is 18.2 Å². The lowest BCUT2D eigenvalue weighted by atomic mass is 10.0. The van der Waals surface area contributed by atoms with Gasteiger partial charge in [-0.25, -0.2) is 12.8 Å². The van der Waals surface area contributed by atoms with Gasteiger partial charge in [-0.2, -0.15) is 0 Å². The number of carbonyl (C=O) groups excluding carboxylic acids is 2. The van der Waals surface area contributed by atoms with E-state index in [1.807, 2.05) is 44.2 Å². The van der Waals surface area contributed by atoms with Crippen molar-refractivity contribution in [3.8, 4) is 11.5 Å². The fraction of sp³-hybridized carbons (Fsp3) is 0.278. The molecule has 13 heteroatoms. The largest absolute Gasteiger partial charge is 0.486 e. The van der Waals surface area contributed by atoms with Gasteiger partial charge in [0.15, 0.2) is 11.5 Å². The fourth-order valence-electron chi connectivity index (χ4n) is 5.26. The number of fused-ring (bicyclic) bond motifs is 1. The van der Waals surface area contributed by atoms with E-state index in [1.165, 1.54) is 35.2 Å². The highest BCUT2D eigenvalue weighted by molar-refractivity contribution is 7.92. The molecule has 1 heterocycles. The summed E-state index contributed by atoms with van der Waals surface area (Å²) in [6.07, 6.45) is 0.142. The van der Waals surface area contributed by atoms with Crippen molar-refractivity contribution in [2.45, 2.75) is 37.8 Å².